The van der Waals surface area contributed by atoms with Gasteiger partial charge in [0.2, 0.25) is 11.8 Å². The number of carbonyl (C=O) groups is 1. The Hall–Kier alpha value is -1.43. The van der Waals surface area contributed by atoms with Gasteiger partial charge in [-0.15, -0.1) is 10.2 Å². The quantitative estimate of drug-likeness (QED) is 0.898. The van der Waals surface area contributed by atoms with Crippen molar-refractivity contribution >= 4 is 5.97 Å². The van der Waals surface area contributed by atoms with E-state index in [1.165, 1.54) is 0 Å². The van der Waals surface area contributed by atoms with Crippen molar-refractivity contribution in [2.75, 3.05) is 6.61 Å². The van der Waals surface area contributed by atoms with Gasteiger partial charge >= 0.3 is 5.97 Å². The molecule has 2 aliphatic rings. The summed E-state index contributed by atoms with van der Waals surface area (Å²) >= 11 is 0. The molecule has 1 aromatic rings. The summed E-state index contributed by atoms with van der Waals surface area (Å²) in [6, 6.07) is 0. The molecular formula is C15H22N2O4. The number of rotatable bonds is 5. The van der Waals surface area contributed by atoms with Crippen molar-refractivity contribution in [1.29, 1.82) is 0 Å². The first-order chi connectivity index (χ1) is 10.1. The largest absolute Gasteiger partial charge is 0.481 e. The second kappa shape index (κ2) is 5.75. The molecule has 2 fully saturated rings. The van der Waals surface area contributed by atoms with E-state index < -0.39 is 5.97 Å². The zero-order chi connectivity index (χ0) is 14.9. The third-order valence-electron chi connectivity index (χ3n) is 4.83. The van der Waals surface area contributed by atoms with Crippen LogP contribution in [0.5, 0.6) is 0 Å². The zero-order valence-corrected chi connectivity index (χ0v) is 12.4. The predicted octanol–water partition coefficient (Wildman–Crippen LogP) is 2.74. The van der Waals surface area contributed by atoms with Crippen LogP contribution in [0.3, 0.4) is 0 Å². The number of carboxylic acids is 1. The van der Waals surface area contributed by atoms with Crippen LogP contribution < -0.4 is 0 Å². The minimum atomic E-state index is -0.746. The van der Waals surface area contributed by atoms with Crippen LogP contribution in [-0.2, 0) is 16.0 Å². The first kappa shape index (κ1) is 14.5. The maximum Gasteiger partial charge on any atom is 0.303 e. The van der Waals surface area contributed by atoms with Gasteiger partial charge in [0, 0.05) is 13.0 Å². The number of aliphatic carboxylic acids is 1. The zero-order valence-electron chi connectivity index (χ0n) is 12.4. The van der Waals surface area contributed by atoms with E-state index in [4.69, 9.17) is 14.3 Å². The van der Waals surface area contributed by atoms with Crippen molar-refractivity contribution in [2.45, 2.75) is 58.0 Å². The molecule has 1 aliphatic carbocycles. The molecule has 1 saturated heterocycles. The monoisotopic (exact) mass is 294 g/mol. The molecule has 2 heterocycles. The van der Waals surface area contributed by atoms with Crippen LogP contribution in [0, 0.1) is 11.3 Å². The molecule has 1 aromatic heterocycles. The van der Waals surface area contributed by atoms with Crippen molar-refractivity contribution in [1.82, 2.24) is 10.2 Å². The fourth-order valence-corrected chi connectivity index (χ4v) is 3.65. The summed E-state index contributed by atoms with van der Waals surface area (Å²) in [5.41, 5.74) is -0.211. The van der Waals surface area contributed by atoms with Gasteiger partial charge in [-0.1, -0.05) is 19.8 Å². The lowest BCUT2D eigenvalue weighted by Gasteiger charge is -2.25. The molecule has 6 nitrogen and oxygen atoms in total. The highest BCUT2D eigenvalue weighted by molar-refractivity contribution is 5.67. The van der Waals surface area contributed by atoms with Crippen LogP contribution in [0.1, 0.15) is 63.3 Å². The highest BCUT2D eigenvalue weighted by Crippen LogP contribution is 2.44. The van der Waals surface area contributed by atoms with Gasteiger partial charge in [0.1, 0.15) is 6.10 Å². The molecule has 2 unspecified atom stereocenters. The molecule has 116 valence electrons. The van der Waals surface area contributed by atoms with Gasteiger partial charge in [0.15, 0.2) is 0 Å². The summed E-state index contributed by atoms with van der Waals surface area (Å²) in [4.78, 5) is 11.1. The van der Waals surface area contributed by atoms with Gasteiger partial charge < -0.3 is 14.3 Å². The standard InChI is InChI=1S/C15H22N2O4/c1-10-4-7-20-13(10)14-17-16-11(21-14)8-15(9-12(18)19)5-2-3-6-15/h10,13H,2-9H2,1H3,(H,18,19). The summed E-state index contributed by atoms with van der Waals surface area (Å²) < 4.78 is 11.4. The van der Waals surface area contributed by atoms with Crippen LogP contribution >= 0.6 is 0 Å². The molecule has 6 heteroatoms. The summed E-state index contributed by atoms with van der Waals surface area (Å²) in [5.74, 6) is 0.733. The molecule has 0 bridgehead atoms. The van der Waals surface area contributed by atoms with Crippen molar-refractivity contribution < 1.29 is 19.1 Å². The molecule has 2 atom stereocenters. The molecule has 1 saturated carbocycles. The Labute approximate surface area is 123 Å². The summed E-state index contributed by atoms with van der Waals surface area (Å²) in [6.07, 6.45) is 5.65. The lowest BCUT2D eigenvalue weighted by molar-refractivity contribution is -0.139. The number of carboxylic acid groups (broad SMARTS) is 1. The summed E-state index contributed by atoms with van der Waals surface area (Å²) in [6.45, 7) is 2.84. The van der Waals surface area contributed by atoms with Gasteiger partial charge in [-0.05, 0) is 30.6 Å². The van der Waals surface area contributed by atoms with E-state index in [-0.39, 0.29) is 17.9 Å². The Morgan fingerprint density at radius 1 is 1.38 bits per heavy atom. The fourth-order valence-electron chi connectivity index (χ4n) is 3.65. The van der Waals surface area contributed by atoms with Crippen LogP contribution in [0.15, 0.2) is 4.42 Å². The molecule has 0 spiro atoms. The number of ether oxygens (including phenoxy) is 1. The van der Waals surface area contributed by atoms with E-state index in [1.807, 2.05) is 0 Å². The molecule has 21 heavy (non-hydrogen) atoms. The Morgan fingerprint density at radius 3 is 2.76 bits per heavy atom. The Morgan fingerprint density at radius 2 is 2.14 bits per heavy atom. The molecule has 0 aromatic carbocycles. The van der Waals surface area contributed by atoms with Crippen molar-refractivity contribution in [3.63, 3.8) is 0 Å². The van der Waals surface area contributed by atoms with Crippen LogP contribution in [0.2, 0.25) is 0 Å². The van der Waals surface area contributed by atoms with Crippen molar-refractivity contribution in [3.8, 4) is 0 Å². The van der Waals surface area contributed by atoms with Gasteiger partial charge in [0.05, 0.1) is 6.42 Å². The second-order valence-corrected chi connectivity index (χ2v) is 6.55. The minimum absolute atomic E-state index is 0.106. The van der Waals surface area contributed by atoms with E-state index in [2.05, 4.69) is 17.1 Å². The number of aromatic nitrogens is 2. The third kappa shape index (κ3) is 3.10. The normalized spacial score (nSPS) is 28.0. The molecule has 0 radical (unpaired) electrons. The van der Waals surface area contributed by atoms with E-state index in [0.717, 1.165) is 38.7 Å². The van der Waals surface area contributed by atoms with E-state index in [1.54, 1.807) is 0 Å². The van der Waals surface area contributed by atoms with Gasteiger partial charge in [-0.2, -0.15) is 0 Å². The maximum absolute atomic E-state index is 11.1. The van der Waals surface area contributed by atoms with Crippen molar-refractivity contribution in [2.24, 2.45) is 11.3 Å². The minimum Gasteiger partial charge on any atom is -0.481 e. The van der Waals surface area contributed by atoms with E-state index >= 15 is 0 Å². The molecule has 1 N–H and O–H groups in total. The highest BCUT2D eigenvalue weighted by atomic mass is 16.5. The lowest BCUT2D eigenvalue weighted by Crippen LogP contribution is -2.24. The number of hydrogen-bond donors (Lipinski definition) is 1. The number of nitrogens with zero attached hydrogens (tertiary/aromatic N) is 2. The summed E-state index contributed by atoms with van der Waals surface area (Å²) in [7, 11) is 0. The molecule has 1 aliphatic heterocycles. The SMILES string of the molecule is CC1CCOC1c1nnc(CC2(CC(=O)O)CCCC2)o1. The van der Waals surface area contributed by atoms with E-state index in [0.29, 0.717) is 24.1 Å². The van der Waals surface area contributed by atoms with Crippen LogP contribution in [0.4, 0.5) is 0 Å². The fraction of sp³-hybridized carbons (Fsp3) is 0.800. The highest BCUT2D eigenvalue weighted by Gasteiger charge is 2.38. The Kier molecular flexibility index (Phi) is 3.97. The van der Waals surface area contributed by atoms with Gasteiger partial charge in [0.25, 0.3) is 0 Å². The third-order valence-corrected chi connectivity index (χ3v) is 4.83. The Balaban J connectivity index is 1.72. The average molecular weight is 294 g/mol. The van der Waals surface area contributed by atoms with Crippen LogP contribution in [-0.4, -0.2) is 27.9 Å². The van der Waals surface area contributed by atoms with Gasteiger partial charge in [-0.25, -0.2) is 0 Å². The number of hydrogen-bond acceptors (Lipinski definition) is 5. The van der Waals surface area contributed by atoms with E-state index in [9.17, 15) is 4.79 Å². The van der Waals surface area contributed by atoms with Crippen LogP contribution in [0.25, 0.3) is 0 Å². The average Bonchev–Trinajstić information content (AvgIpc) is 3.11. The second-order valence-electron chi connectivity index (χ2n) is 6.55. The predicted molar refractivity (Wildman–Crippen MR) is 73.6 cm³/mol. The first-order valence-electron chi connectivity index (χ1n) is 7.74. The molecule has 3 rings (SSSR count). The van der Waals surface area contributed by atoms with Crippen molar-refractivity contribution in [3.05, 3.63) is 11.8 Å². The maximum atomic E-state index is 11.1. The Bertz CT molecular complexity index is 508. The topological polar surface area (TPSA) is 85.5 Å². The molecular weight excluding hydrogens is 272 g/mol. The smallest absolute Gasteiger partial charge is 0.303 e. The first-order valence-corrected chi connectivity index (χ1v) is 7.74. The lowest BCUT2D eigenvalue weighted by atomic mass is 9.79. The van der Waals surface area contributed by atoms with Gasteiger partial charge in [-0.3, -0.25) is 4.79 Å². The molecule has 0 amide bonds. The summed E-state index contributed by atoms with van der Waals surface area (Å²) in [5, 5.41) is 17.4.